The Bertz CT molecular complexity index is 746. The Balaban J connectivity index is 1.66. The molecule has 0 aliphatic carbocycles. The zero-order valence-electron chi connectivity index (χ0n) is 13.3. The summed E-state index contributed by atoms with van der Waals surface area (Å²) < 4.78 is 0. The standard InChI is InChI=1S/C17H17N3O2S/c1-10-11(2)18-17(19-12(10)3)23-9-8-20-15(21)13-6-4-5-7-14(13)16(20)22/h4-7H,8-9H2,1-3H3. The van der Waals surface area contributed by atoms with Crippen molar-refractivity contribution >= 4 is 23.6 Å². The maximum atomic E-state index is 12.3. The summed E-state index contributed by atoms with van der Waals surface area (Å²) >= 11 is 1.46. The first kappa shape index (κ1) is 15.7. The Kier molecular flexibility index (Phi) is 4.17. The Morgan fingerprint density at radius 1 is 0.957 bits per heavy atom. The third-order valence-electron chi connectivity index (χ3n) is 4.04. The van der Waals surface area contributed by atoms with Crippen LogP contribution in [0, 0.1) is 20.8 Å². The molecule has 0 spiro atoms. The van der Waals surface area contributed by atoms with Crippen LogP contribution in [0.5, 0.6) is 0 Å². The molecule has 0 atom stereocenters. The van der Waals surface area contributed by atoms with E-state index in [1.807, 2.05) is 20.8 Å². The summed E-state index contributed by atoms with van der Waals surface area (Å²) in [6, 6.07) is 6.93. The first-order valence-corrected chi connectivity index (χ1v) is 8.37. The van der Waals surface area contributed by atoms with Gasteiger partial charge in [0.15, 0.2) is 5.16 Å². The van der Waals surface area contributed by atoms with Crippen LogP contribution in [0.25, 0.3) is 0 Å². The van der Waals surface area contributed by atoms with E-state index in [1.165, 1.54) is 16.7 Å². The Morgan fingerprint density at radius 2 is 1.48 bits per heavy atom. The van der Waals surface area contributed by atoms with Crippen LogP contribution in [0.3, 0.4) is 0 Å². The minimum Gasteiger partial charge on any atom is -0.273 e. The van der Waals surface area contributed by atoms with Crippen molar-refractivity contribution in [1.29, 1.82) is 0 Å². The highest BCUT2D eigenvalue weighted by molar-refractivity contribution is 7.99. The molecule has 2 amide bonds. The zero-order valence-corrected chi connectivity index (χ0v) is 14.1. The van der Waals surface area contributed by atoms with Gasteiger partial charge in [-0.25, -0.2) is 9.97 Å². The molecule has 2 heterocycles. The van der Waals surface area contributed by atoms with Gasteiger partial charge in [0, 0.05) is 23.7 Å². The molecule has 118 valence electrons. The lowest BCUT2D eigenvalue weighted by Crippen LogP contribution is -2.31. The molecule has 0 saturated carbocycles. The SMILES string of the molecule is Cc1nc(SCCN2C(=O)c3ccccc3C2=O)nc(C)c1C. The van der Waals surface area contributed by atoms with Gasteiger partial charge in [-0.3, -0.25) is 14.5 Å². The number of carbonyl (C=O) groups is 2. The highest BCUT2D eigenvalue weighted by Crippen LogP contribution is 2.23. The largest absolute Gasteiger partial charge is 0.273 e. The fraction of sp³-hybridized carbons (Fsp3) is 0.294. The maximum Gasteiger partial charge on any atom is 0.261 e. The van der Waals surface area contributed by atoms with E-state index in [9.17, 15) is 9.59 Å². The highest BCUT2D eigenvalue weighted by Gasteiger charge is 2.34. The fourth-order valence-corrected chi connectivity index (χ4v) is 3.34. The lowest BCUT2D eigenvalue weighted by atomic mass is 10.1. The second-order valence-electron chi connectivity index (χ2n) is 5.46. The molecule has 1 aliphatic rings. The molecule has 2 aromatic rings. The number of hydrogen-bond donors (Lipinski definition) is 0. The molecular formula is C17H17N3O2S. The van der Waals surface area contributed by atoms with E-state index >= 15 is 0 Å². The number of nitrogens with zero attached hydrogens (tertiary/aromatic N) is 3. The first-order valence-electron chi connectivity index (χ1n) is 7.39. The Morgan fingerprint density at radius 3 is 2.00 bits per heavy atom. The monoisotopic (exact) mass is 327 g/mol. The number of fused-ring (bicyclic) bond motifs is 1. The molecule has 0 unspecified atom stereocenters. The molecular weight excluding hydrogens is 310 g/mol. The van der Waals surface area contributed by atoms with Crippen LogP contribution in [-0.2, 0) is 0 Å². The van der Waals surface area contributed by atoms with Gasteiger partial charge in [-0.05, 0) is 38.5 Å². The van der Waals surface area contributed by atoms with Gasteiger partial charge < -0.3 is 0 Å². The minimum atomic E-state index is -0.219. The summed E-state index contributed by atoms with van der Waals surface area (Å²) in [6.45, 7) is 6.26. The van der Waals surface area contributed by atoms with Crippen LogP contribution in [0.2, 0.25) is 0 Å². The number of imide groups is 1. The molecule has 0 N–H and O–H groups in total. The first-order chi connectivity index (χ1) is 11.0. The van der Waals surface area contributed by atoms with Crippen molar-refractivity contribution in [2.24, 2.45) is 0 Å². The van der Waals surface area contributed by atoms with E-state index in [0.29, 0.717) is 28.6 Å². The molecule has 5 nitrogen and oxygen atoms in total. The number of hydrogen-bond acceptors (Lipinski definition) is 5. The smallest absolute Gasteiger partial charge is 0.261 e. The highest BCUT2D eigenvalue weighted by atomic mass is 32.2. The molecule has 0 saturated heterocycles. The maximum absolute atomic E-state index is 12.3. The second kappa shape index (κ2) is 6.12. The number of aromatic nitrogens is 2. The van der Waals surface area contributed by atoms with E-state index in [-0.39, 0.29) is 11.8 Å². The molecule has 0 fully saturated rings. The molecule has 6 heteroatoms. The van der Waals surface area contributed by atoms with Crippen LogP contribution in [0.15, 0.2) is 29.4 Å². The van der Waals surface area contributed by atoms with Gasteiger partial charge >= 0.3 is 0 Å². The molecule has 0 radical (unpaired) electrons. The van der Waals surface area contributed by atoms with Gasteiger partial charge in [0.1, 0.15) is 0 Å². The second-order valence-corrected chi connectivity index (χ2v) is 6.52. The minimum absolute atomic E-state index is 0.219. The van der Waals surface area contributed by atoms with Crippen LogP contribution in [0.1, 0.15) is 37.7 Å². The number of rotatable bonds is 4. The van der Waals surface area contributed by atoms with Gasteiger partial charge in [0.25, 0.3) is 11.8 Å². The van der Waals surface area contributed by atoms with E-state index in [2.05, 4.69) is 9.97 Å². The third kappa shape index (κ3) is 2.86. The number of carbonyl (C=O) groups excluding carboxylic acids is 2. The number of thioether (sulfide) groups is 1. The number of aryl methyl sites for hydroxylation is 2. The van der Waals surface area contributed by atoms with Crippen molar-refractivity contribution in [3.63, 3.8) is 0 Å². The van der Waals surface area contributed by atoms with Crippen molar-refractivity contribution in [3.8, 4) is 0 Å². The zero-order chi connectivity index (χ0) is 16.6. The fourth-order valence-electron chi connectivity index (χ4n) is 2.48. The van der Waals surface area contributed by atoms with Crippen LogP contribution in [-0.4, -0.2) is 39.0 Å². The van der Waals surface area contributed by atoms with Crippen molar-refractivity contribution in [1.82, 2.24) is 14.9 Å². The van der Waals surface area contributed by atoms with Gasteiger partial charge in [0.05, 0.1) is 11.1 Å². The Labute approximate surface area is 139 Å². The van der Waals surface area contributed by atoms with Crippen molar-refractivity contribution in [2.45, 2.75) is 25.9 Å². The summed E-state index contributed by atoms with van der Waals surface area (Å²) in [5.41, 5.74) is 3.98. The average Bonchev–Trinajstić information content (AvgIpc) is 2.78. The summed E-state index contributed by atoms with van der Waals surface area (Å²) in [4.78, 5) is 34.7. The molecule has 3 rings (SSSR count). The predicted octanol–water partition coefficient (Wildman–Crippen LogP) is 2.79. The van der Waals surface area contributed by atoms with E-state index in [0.717, 1.165) is 17.0 Å². The van der Waals surface area contributed by atoms with Crippen LogP contribution >= 0.6 is 11.8 Å². The van der Waals surface area contributed by atoms with E-state index in [1.54, 1.807) is 24.3 Å². The van der Waals surface area contributed by atoms with Gasteiger partial charge in [-0.2, -0.15) is 0 Å². The summed E-state index contributed by atoms with van der Waals surface area (Å²) in [5.74, 6) is 0.139. The summed E-state index contributed by atoms with van der Waals surface area (Å²) in [6.07, 6.45) is 0. The normalized spacial score (nSPS) is 13.6. The summed E-state index contributed by atoms with van der Waals surface area (Å²) in [5, 5.41) is 0.683. The molecule has 0 bridgehead atoms. The number of amides is 2. The molecule has 1 aromatic carbocycles. The average molecular weight is 327 g/mol. The van der Waals surface area contributed by atoms with Crippen molar-refractivity contribution < 1.29 is 9.59 Å². The van der Waals surface area contributed by atoms with E-state index in [4.69, 9.17) is 0 Å². The molecule has 1 aromatic heterocycles. The van der Waals surface area contributed by atoms with Gasteiger partial charge in [0.2, 0.25) is 0 Å². The van der Waals surface area contributed by atoms with Crippen molar-refractivity contribution in [2.75, 3.05) is 12.3 Å². The van der Waals surface area contributed by atoms with Crippen molar-refractivity contribution in [3.05, 3.63) is 52.3 Å². The lowest BCUT2D eigenvalue weighted by Gasteiger charge is -2.13. The topological polar surface area (TPSA) is 63.2 Å². The predicted molar refractivity (Wildman–Crippen MR) is 88.8 cm³/mol. The molecule has 1 aliphatic heterocycles. The Hall–Kier alpha value is -2.21. The lowest BCUT2D eigenvalue weighted by molar-refractivity contribution is 0.0664. The summed E-state index contributed by atoms with van der Waals surface area (Å²) in [7, 11) is 0. The number of benzene rings is 1. The van der Waals surface area contributed by atoms with Crippen LogP contribution in [0.4, 0.5) is 0 Å². The van der Waals surface area contributed by atoms with E-state index < -0.39 is 0 Å². The third-order valence-corrected chi connectivity index (χ3v) is 4.86. The van der Waals surface area contributed by atoms with Crippen LogP contribution < -0.4 is 0 Å². The quantitative estimate of drug-likeness (QED) is 0.491. The van der Waals surface area contributed by atoms with Gasteiger partial charge in [-0.15, -0.1) is 0 Å². The van der Waals surface area contributed by atoms with Gasteiger partial charge in [-0.1, -0.05) is 23.9 Å². The molecule has 23 heavy (non-hydrogen) atoms.